The monoisotopic (exact) mass is 229 g/mol. The van der Waals surface area contributed by atoms with Gasteiger partial charge in [0.1, 0.15) is 0 Å². The molecule has 0 aliphatic carbocycles. The standard InChI is InChI=1S/C16H23N/c1-2-3-11-16-12-7-8-13-17(16)14-15-9-5-4-6-10-15/h2,4-6,9-10,16H,1,3,7-8,11-14H2. The van der Waals surface area contributed by atoms with Crippen molar-refractivity contribution in [3.8, 4) is 0 Å². The molecule has 1 atom stereocenters. The molecule has 2 rings (SSSR count). The Bertz CT molecular complexity index is 331. The molecule has 1 aliphatic rings. The van der Waals surface area contributed by atoms with Crippen molar-refractivity contribution in [2.45, 2.75) is 44.7 Å². The summed E-state index contributed by atoms with van der Waals surface area (Å²) in [6.45, 7) is 6.21. The van der Waals surface area contributed by atoms with Crippen molar-refractivity contribution in [2.24, 2.45) is 0 Å². The largest absolute Gasteiger partial charge is 0.296 e. The molecule has 1 fully saturated rings. The second-order valence-corrected chi connectivity index (χ2v) is 4.97. The molecule has 1 aliphatic heterocycles. The molecule has 92 valence electrons. The highest BCUT2D eigenvalue weighted by Gasteiger charge is 2.21. The molecule has 0 saturated carbocycles. The molecule has 1 unspecified atom stereocenters. The number of likely N-dealkylation sites (tertiary alicyclic amines) is 1. The van der Waals surface area contributed by atoms with E-state index in [2.05, 4.69) is 47.9 Å². The predicted molar refractivity (Wildman–Crippen MR) is 73.9 cm³/mol. The van der Waals surface area contributed by atoms with Crippen molar-refractivity contribution in [1.82, 2.24) is 4.90 Å². The van der Waals surface area contributed by atoms with Gasteiger partial charge in [0.15, 0.2) is 0 Å². The van der Waals surface area contributed by atoms with Gasteiger partial charge in [-0.2, -0.15) is 0 Å². The summed E-state index contributed by atoms with van der Waals surface area (Å²) in [7, 11) is 0. The minimum Gasteiger partial charge on any atom is -0.296 e. The number of rotatable bonds is 5. The molecule has 1 heterocycles. The summed E-state index contributed by atoms with van der Waals surface area (Å²) in [6, 6.07) is 11.6. The van der Waals surface area contributed by atoms with E-state index >= 15 is 0 Å². The Labute approximate surface area is 105 Å². The summed E-state index contributed by atoms with van der Waals surface area (Å²) in [5.41, 5.74) is 1.44. The van der Waals surface area contributed by atoms with Crippen LogP contribution in [0.15, 0.2) is 43.0 Å². The van der Waals surface area contributed by atoms with Crippen LogP contribution in [0.5, 0.6) is 0 Å². The average Bonchev–Trinajstić information content (AvgIpc) is 2.39. The van der Waals surface area contributed by atoms with Crippen LogP contribution < -0.4 is 0 Å². The van der Waals surface area contributed by atoms with Crippen molar-refractivity contribution < 1.29 is 0 Å². The lowest BCUT2D eigenvalue weighted by molar-refractivity contribution is 0.133. The third-order valence-electron chi connectivity index (χ3n) is 3.68. The van der Waals surface area contributed by atoms with Gasteiger partial charge in [-0.1, -0.05) is 42.8 Å². The van der Waals surface area contributed by atoms with Crippen molar-refractivity contribution in [1.29, 1.82) is 0 Å². The van der Waals surface area contributed by atoms with Crippen molar-refractivity contribution >= 4 is 0 Å². The fourth-order valence-electron chi connectivity index (χ4n) is 2.72. The van der Waals surface area contributed by atoms with Gasteiger partial charge in [-0.15, -0.1) is 6.58 Å². The third-order valence-corrected chi connectivity index (χ3v) is 3.68. The van der Waals surface area contributed by atoms with Gasteiger partial charge in [0.2, 0.25) is 0 Å². The number of nitrogens with zero attached hydrogens (tertiary/aromatic N) is 1. The van der Waals surface area contributed by atoms with Crippen LogP contribution in [0.4, 0.5) is 0 Å². The van der Waals surface area contributed by atoms with Crippen molar-refractivity contribution in [3.63, 3.8) is 0 Å². The Morgan fingerprint density at radius 2 is 2.06 bits per heavy atom. The van der Waals surface area contributed by atoms with Crippen LogP contribution >= 0.6 is 0 Å². The zero-order valence-corrected chi connectivity index (χ0v) is 10.6. The Hall–Kier alpha value is -1.08. The molecular weight excluding hydrogens is 206 g/mol. The highest BCUT2D eigenvalue weighted by molar-refractivity contribution is 5.14. The normalized spacial score (nSPS) is 21.3. The molecular formula is C16H23N. The van der Waals surface area contributed by atoms with E-state index in [1.165, 1.54) is 37.8 Å². The minimum atomic E-state index is 0.766. The average molecular weight is 229 g/mol. The number of hydrogen-bond acceptors (Lipinski definition) is 1. The van der Waals surface area contributed by atoms with Gasteiger partial charge in [0.05, 0.1) is 0 Å². The highest BCUT2D eigenvalue weighted by atomic mass is 15.2. The van der Waals surface area contributed by atoms with Crippen LogP contribution in [0, 0.1) is 0 Å². The molecule has 0 aromatic heterocycles. The summed E-state index contributed by atoms with van der Waals surface area (Å²) in [4.78, 5) is 2.66. The van der Waals surface area contributed by atoms with Crippen LogP contribution in [0.25, 0.3) is 0 Å². The van der Waals surface area contributed by atoms with E-state index < -0.39 is 0 Å². The maximum Gasteiger partial charge on any atom is 0.0236 e. The Balaban J connectivity index is 1.94. The van der Waals surface area contributed by atoms with Crippen molar-refractivity contribution in [3.05, 3.63) is 48.6 Å². The zero-order valence-electron chi connectivity index (χ0n) is 10.6. The van der Waals surface area contributed by atoms with Crippen LogP contribution in [0.3, 0.4) is 0 Å². The summed E-state index contributed by atoms with van der Waals surface area (Å²) in [6.07, 6.45) is 8.59. The molecule has 1 aromatic rings. The first kappa shape index (κ1) is 12.4. The SMILES string of the molecule is C=CCCC1CCCCN1Cc1ccccc1. The quantitative estimate of drug-likeness (QED) is 0.690. The molecule has 17 heavy (non-hydrogen) atoms. The molecule has 1 aromatic carbocycles. The van der Waals surface area contributed by atoms with Crippen molar-refractivity contribution in [2.75, 3.05) is 6.54 Å². The first-order valence-corrected chi connectivity index (χ1v) is 6.79. The summed E-state index contributed by atoms with van der Waals surface area (Å²) in [5.74, 6) is 0. The van der Waals surface area contributed by atoms with E-state index in [1.54, 1.807) is 0 Å². The molecule has 0 spiro atoms. The molecule has 0 bridgehead atoms. The second kappa shape index (κ2) is 6.61. The second-order valence-electron chi connectivity index (χ2n) is 4.97. The van der Waals surface area contributed by atoms with Gasteiger partial charge in [0, 0.05) is 12.6 Å². The predicted octanol–water partition coefficient (Wildman–Crippen LogP) is 4.01. The van der Waals surface area contributed by atoms with Crippen LogP contribution in [-0.2, 0) is 6.54 Å². The van der Waals surface area contributed by atoms with E-state index in [1.807, 2.05) is 0 Å². The molecule has 1 saturated heterocycles. The lowest BCUT2D eigenvalue weighted by Crippen LogP contribution is -2.38. The van der Waals surface area contributed by atoms with E-state index in [-0.39, 0.29) is 0 Å². The third kappa shape index (κ3) is 3.71. The number of hydrogen-bond donors (Lipinski definition) is 0. The number of allylic oxidation sites excluding steroid dienone is 1. The lowest BCUT2D eigenvalue weighted by atomic mass is 9.97. The maximum absolute atomic E-state index is 3.84. The maximum atomic E-state index is 3.84. The summed E-state index contributed by atoms with van der Waals surface area (Å²) in [5, 5.41) is 0. The first-order chi connectivity index (χ1) is 8.40. The Morgan fingerprint density at radius 3 is 2.82 bits per heavy atom. The lowest BCUT2D eigenvalue weighted by Gasteiger charge is -2.35. The smallest absolute Gasteiger partial charge is 0.0236 e. The molecule has 1 nitrogen and oxygen atoms in total. The van der Waals surface area contributed by atoms with E-state index in [0.717, 1.165) is 19.0 Å². The molecule has 0 amide bonds. The van der Waals surface area contributed by atoms with E-state index in [4.69, 9.17) is 0 Å². The van der Waals surface area contributed by atoms with Gasteiger partial charge in [-0.05, 0) is 37.8 Å². The highest BCUT2D eigenvalue weighted by Crippen LogP contribution is 2.22. The van der Waals surface area contributed by atoms with E-state index in [0.29, 0.717) is 0 Å². The number of piperidine rings is 1. The Morgan fingerprint density at radius 1 is 1.24 bits per heavy atom. The summed E-state index contributed by atoms with van der Waals surface area (Å²) < 4.78 is 0. The molecule has 0 radical (unpaired) electrons. The van der Waals surface area contributed by atoms with Gasteiger partial charge >= 0.3 is 0 Å². The fraction of sp³-hybridized carbons (Fsp3) is 0.500. The van der Waals surface area contributed by atoms with Crippen LogP contribution in [0.1, 0.15) is 37.7 Å². The van der Waals surface area contributed by atoms with Crippen LogP contribution in [-0.4, -0.2) is 17.5 Å². The topological polar surface area (TPSA) is 3.24 Å². The minimum absolute atomic E-state index is 0.766. The molecule has 0 N–H and O–H groups in total. The molecule has 1 heteroatoms. The van der Waals surface area contributed by atoms with Gasteiger partial charge in [0.25, 0.3) is 0 Å². The van der Waals surface area contributed by atoms with Crippen LogP contribution in [0.2, 0.25) is 0 Å². The van der Waals surface area contributed by atoms with Gasteiger partial charge in [-0.3, -0.25) is 4.90 Å². The zero-order chi connectivity index (χ0) is 11.9. The summed E-state index contributed by atoms with van der Waals surface area (Å²) >= 11 is 0. The van der Waals surface area contributed by atoms with Gasteiger partial charge in [-0.25, -0.2) is 0 Å². The van der Waals surface area contributed by atoms with E-state index in [9.17, 15) is 0 Å². The first-order valence-electron chi connectivity index (χ1n) is 6.79. The Kier molecular flexibility index (Phi) is 4.81. The number of benzene rings is 1. The van der Waals surface area contributed by atoms with Gasteiger partial charge < -0.3 is 0 Å². The fourth-order valence-corrected chi connectivity index (χ4v) is 2.72.